The van der Waals surface area contributed by atoms with Gasteiger partial charge in [-0.05, 0) is 28.8 Å². The largest absolute Gasteiger partial charge is 0.486 e. The summed E-state index contributed by atoms with van der Waals surface area (Å²) in [5.41, 5.74) is 9.95. The minimum Gasteiger partial charge on any atom is -0.486 e. The highest BCUT2D eigenvalue weighted by atomic mass is 16.6. The summed E-state index contributed by atoms with van der Waals surface area (Å²) < 4.78 is 16.0. The van der Waals surface area contributed by atoms with E-state index in [0.29, 0.717) is 30.3 Å². The molecule has 2 aliphatic rings. The summed E-state index contributed by atoms with van der Waals surface area (Å²) in [5.74, 6) is 0.0651. The third kappa shape index (κ3) is 3.61. The molecule has 1 unspecified atom stereocenters. The first-order valence-electron chi connectivity index (χ1n) is 9.26. The van der Waals surface area contributed by atoms with Gasteiger partial charge in [0.2, 0.25) is 5.91 Å². The van der Waals surface area contributed by atoms with Crippen LogP contribution in [0.25, 0.3) is 10.4 Å². The minimum absolute atomic E-state index is 0.0301. The number of nitrogens with zero attached hydrogens (tertiary/aromatic N) is 4. The van der Waals surface area contributed by atoms with E-state index in [1.807, 2.05) is 6.07 Å². The van der Waals surface area contributed by atoms with Gasteiger partial charge in [-0.3, -0.25) is 4.79 Å². The van der Waals surface area contributed by atoms with E-state index in [0.717, 1.165) is 4.90 Å². The first kappa shape index (κ1) is 19.6. The molecule has 4 rings (SSSR count). The van der Waals surface area contributed by atoms with Crippen molar-refractivity contribution in [2.75, 3.05) is 19.8 Å². The first-order chi connectivity index (χ1) is 14.6. The van der Waals surface area contributed by atoms with Gasteiger partial charge in [0, 0.05) is 4.91 Å². The zero-order chi connectivity index (χ0) is 21.1. The van der Waals surface area contributed by atoms with Crippen molar-refractivity contribution in [1.29, 1.82) is 0 Å². The van der Waals surface area contributed by atoms with E-state index in [1.54, 1.807) is 36.4 Å². The molecule has 0 saturated carbocycles. The molecule has 10 nitrogen and oxygen atoms in total. The minimum atomic E-state index is -1.57. The molecular weight excluding hydrogens is 392 g/mol. The molecule has 30 heavy (non-hydrogen) atoms. The van der Waals surface area contributed by atoms with E-state index >= 15 is 0 Å². The van der Waals surface area contributed by atoms with Crippen LogP contribution in [-0.4, -0.2) is 47.9 Å². The van der Waals surface area contributed by atoms with Crippen LogP contribution in [0.2, 0.25) is 0 Å². The molecule has 10 heteroatoms. The standard InChI is InChI=1S/C20H18N4O6/c21-23-22-17(18(25)13-6-7-15-16(10-13)29-9-8-28-15)19(26)24-14(11-30-20(24)27)12-4-2-1-3-5-12/h1-7,10,14,17-18,25H,8-9,11H2/t14?,17-,18+/m0/s1. The number of azide groups is 1. The second-order valence-corrected chi connectivity index (χ2v) is 6.71. The fraction of sp³-hybridized carbons (Fsp3) is 0.300. The van der Waals surface area contributed by atoms with Gasteiger partial charge in [-0.2, -0.15) is 0 Å². The van der Waals surface area contributed by atoms with Gasteiger partial charge in [0.15, 0.2) is 11.5 Å². The smallest absolute Gasteiger partial charge is 0.417 e. The predicted octanol–water partition coefficient (Wildman–Crippen LogP) is 2.89. The number of benzene rings is 2. The topological polar surface area (TPSA) is 134 Å². The van der Waals surface area contributed by atoms with Gasteiger partial charge in [0.25, 0.3) is 0 Å². The first-order valence-corrected chi connectivity index (χ1v) is 9.26. The summed E-state index contributed by atoms with van der Waals surface area (Å²) in [6.07, 6.45) is -2.37. The van der Waals surface area contributed by atoms with Gasteiger partial charge < -0.3 is 19.3 Å². The Labute approximate surface area is 171 Å². The second-order valence-electron chi connectivity index (χ2n) is 6.71. The Kier molecular flexibility index (Phi) is 5.42. The van der Waals surface area contributed by atoms with Crippen molar-refractivity contribution in [3.63, 3.8) is 0 Å². The van der Waals surface area contributed by atoms with Crippen molar-refractivity contribution in [3.05, 3.63) is 70.1 Å². The van der Waals surface area contributed by atoms with Crippen molar-refractivity contribution in [2.45, 2.75) is 18.2 Å². The van der Waals surface area contributed by atoms with E-state index in [1.165, 1.54) is 6.07 Å². The normalized spacial score (nSPS) is 19.4. The van der Waals surface area contributed by atoms with Crippen LogP contribution in [0.15, 0.2) is 53.6 Å². The number of imide groups is 1. The number of hydrogen-bond donors (Lipinski definition) is 1. The Morgan fingerprint density at radius 3 is 2.60 bits per heavy atom. The molecule has 2 heterocycles. The molecule has 3 atom stereocenters. The van der Waals surface area contributed by atoms with Crippen LogP contribution in [-0.2, 0) is 9.53 Å². The molecule has 2 aromatic carbocycles. The number of aliphatic hydroxyl groups excluding tert-OH is 1. The number of ether oxygens (including phenoxy) is 3. The number of carbonyl (C=O) groups excluding carboxylic acids is 2. The van der Waals surface area contributed by atoms with Crippen LogP contribution in [0.5, 0.6) is 11.5 Å². The monoisotopic (exact) mass is 410 g/mol. The number of amides is 2. The molecule has 2 amide bonds. The lowest BCUT2D eigenvalue weighted by molar-refractivity contribution is -0.133. The maximum absolute atomic E-state index is 13.2. The van der Waals surface area contributed by atoms with Gasteiger partial charge >= 0.3 is 6.09 Å². The van der Waals surface area contributed by atoms with Gasteiger partial charge in [-0.25, -0.2) is 9.69 Å². The Bertz CT molecular complexity index is 1010. The summed E-state index contributed by atoms with van der Waals surface area (Å²) in [6, 6.07) is 11.3. The zero-order valence-electron chi connectivity index (χ0n) is 15.7. The third-order valence-corrected chi connectivity index (χ3v) is 4.93. The molecule has 1 saturated heterocycles. The number of carbonyl (C=O) groups is 2. The predicted molar refractivity (Wildman–Crippen MR) is 103 cm³/mol. The number of rotatable bonds is 5. The fourth-order valence-corrected chi connectivity index (χ4v) is 3.46. The highest BCUT2D eigenvalue weighted by Gasteiger charge is 2.43. The van der Waals surface area contributed by atoms with Crippen LogP contribution in [0.3, 0.4) is 0 Å². The van der Waals surface area contributed by atoms with Crippen LogP contribution in [0.4, 0.5) is 4.79 Å². The molecule has 1 fully saturated rings. The van der Waals surface area contributed by atoms with Gasteiger partial charge in [-0.15, -0.1) is 0 Å². The molecule has 2 aromatic rings. The third-order valence-electron chi connectivity index (χ3n) is 4.93. The highest BCUT2D eigenvalue weighted by molar-refractivity contribution is 5.97. The molecular formula is C20H18N4O6. The number of cyclic esters (lactones) is 1. The average Bonchev–Trinajstić information content (AvgIpc) is 3.18. The number of aliphatic hydroxyl groups is 1. The van der Waals surface area contributed by atoms with Crippen molar-refractivity contribution in [1.82, 2.24) is 4.90 Å². The van der Waals surface area contributed by atoms with E-state index in [4.69, 9.17) is 19.7 Å². The Balaban J connectivity index is 1.64. The summed E-state index contributed by atoms with van der Waals surface area (Å²) in [4.78, 5) is 29.0. The van der Waals surface area contributed by atoms with Crippen molar-refractivity contribution >= 4 is 12.0 Å². The van der Waals surface area contributed by atoms with Gasteiger partial charge in [-0.1, -0.05) is 41.5 Å². The molecule has 0 bridgehead atoms. The summed E-state index contributed by atoms with van der Waals surface area (Å²) in [7, 11) is 0. The van der Waals surface area contributed by atoms with Crippen molar-refractivity contribution in [2.24, 2.45) is 5.11 Å². The molecule has 0 spiro atoms. The molecule has 1 N–H and O–H groups in total. The van der Waals surface area contributed by atoms with Crippen LogP contribution >= 0.6 is 0 Å². The Morgan fingerprint density at radius 2 is 1.87 bits per heavy atom. The van der Waals surface area contributed by atoms with E-state index in [9.17, 15) is 14.7 Å². The van der Waals surface area contributed by atoms with Crippen LogP contribution in [0, 0.1) is 0 Å². The highest BCUT2D eigenvalue weighted by Crippen LogP contribution is 2.35. The Morgan fingerprint density at radius 1 is 1.13 bits per heavy atom. The van der Waals surface area contributed by atoms with Crippen molar-refractivity contribution < 1.29 is 28.9 Å². The summed E-state index contributed by atoms with van der Waals surface area (Å²) >= 11 is 0. The van der Waals surface area contributed by atoms with Crippen LogP contribution in [0.1, 0.15) is 23.3 Å². The van der Waals surface area contributed by atoms with E-state index in [-0.39, 0.29) is 12.2 Å². The molecule has 154 valence electrons. The summed E-state index contributed by atoms with van der Waals surface area (Å²) in [5, 5.41) is 14.3. The SMILES string of the molecule is [N-]=[N+]=N[C@H](C(=O)N1C(=O)OCC1c1ccccc1)[C@H](O)c1ccc2c(c1)OCCO2. The lowest BCUT2D eigenvalue weighted by Gasteiger charge is -2.26. The van der Waals surface area contributed by atoms with Gasteiger partial charge in [0.05, 0.1) is 6.10 Å². The molecule has 0 aromatic heterocycles. The molecule has 2 aliphatic heterocycles. The van der Waals surface area contributed by atoms with Crippen molar-refractivity contribution in [3.8, 4) is 11.5 Å². The quantitative estimate of drug-likeness (QED) is 0.458. The molecule has 0 radical (unpaired) electrons. The van der Waals surface area contributed by atoms with E-state index in [2.05, 4.69) is 10.0 Å². The molecule has 0 aliphatic carbocycles. The lowest BCUT2D eigenvalue weighted by atomic mass is 9.99. The van der Waals surface area contributed by atoms with Gasteiger partial charge in [0.1, 0.15) is 31.9 Å². The van der Waals surface area contributed by atoms with Crippen LogP contribution < -0.4 is 9.47 Å². The number of hydrogen-bond acceptors (Lipinski definition) is 7. The maximum Gasteiger partial charge on any atom is 0.417 e. The Hall–Kier alpha value is -3.75. The average molecular weight is 410 g/mol. The second kappa shape index (κ2) is 8.32. The van der Waals surface area contributed by atoms with E-state index < -0.39 is 30.2 Å². The fourth-order valence-electron chi connectivity index (χ4n) is 3.46. The number of fused-ring (bicyclic) bond motifs is 1. The maximum atomic E-state index is 13.2. The summed E-state index contributed by atoms with van der Waals surface area (Å²) in [6.45, 7) is 0.730. The lowest BCUT2D eigenvalue weighted by Crippen LogP contribution is -2.42. The zero-order valence-corrected chi connectivity index (χ0v) is 15.7.